The zero-order valence-electron chi connectivity index (χ0n) is 12.7. The van der Waals surface area contributed by atoms with E-state index in [1.165, 1.54) is 30.4 Å². The fraction of sp³-hybridized carbons (Fsp3) is 0.333. The van der Waals surface area contributed by atoms with E-state index in [1.54, 1.807) is 6.07 Å². The van der Waals surface area contributed by atoms with Crippen LogP contribution in [0, 0.1) is 5.82 Å². The van der Waals surface area contributed by atoms with Gasteiger partial charge in [0.25, 0.3) is 0 Å². The summed E-state index contributed by atoms with van der Waals surface area (Å²) in [6, 6.07) is 10.5. The molecular formula is C18H21FO2. The van der Waals surface area contributed by atoms with Crippen molar-refractivity contribution in [3.63, 3.8) is 0 Å². The second-order valence-electron chi connectivity index (χ2n) is 5.03. The van der Waals surface area contributed by atoms with Gasteiger partial charge in [0.2, 0.25) is 0 Å². The molecule has 0 saturated carbocycles. The molecule has 0 aromatic heterocycles. The average molecular weight is 288 g/mol. The van der Waals surface area contributed by atoms with Crippen LogP contribution in [0.3, 0.4) is 0 Å². The molecule has 0 radical (unpaired) electrons. The summed E-state index contributed by atoms with van der Waals surface area (Å²) < 4.78 is 18.7. The number of halogens is 1. The Hall–Kier alpha value is -1.87. The maximum atomic E-state index is 13.8. The third-order valence-electron chi connectivity index (χ3n) is 3.80. The largest absolute Gasteiger partial charge is 0.494 e. The van der Waals surface area contributed by atoms with Gasteiger partial charge < -0.3 is 9.84 Å². The van der Waals surface area contributed by atoms with Gasteiger partial charge in [0, 0.05) is 0 Å². The highest BCUT2D eigenvalue weighted by Crippen LogP contribution is 2.27. The number of aliphatic hydroxyl groups is 1. The lowest BCUT2D eigenvalue weighted by Gasteiger charge is -2.15. The summed E-state index contributed by atoms with van der Waals surface area (Å²) in [5.41, 5.74) is 3.82. The molecule has 2 aromatic carbocycles. The summed E-state index contributed by atoms with van der Waals surface area (Å²) in [7, 11) is 1.42. The molecule has 0 amide bonds. The highest BCUT2D eigenvalue weighted by Gasteiger charge is 2.14. The number of methoxy groups -OCH3 is 1. The van der Waals surface area contributed by atoms with Gasteiger partial charge in [-0.25, -0.2) is 4.39 Å². The lowest BCUT2D eigenvalue weighted by atomic mass is 9.95. The second kappa shape index (κ2) is 6.72. The van der Waals surface area contributed by atoms with Crippen LogP contribution in [-0.2, 0) is 12.8 Å². The molecule has 0 aliphatic rings. The van der Waals surface area contributed by atoms with Gasteiger partial charge in [-0.15, -0.1) is 0 Å². The Kier molecular flexibility index (Phi) is 4.97. The zero-order valence-corrected chi connectivity index (χ0v) is 12.7. The quantitative estimate of drug-likeness (QED) is 0.899. The fourth-order valence-electron chi connectivity index (χ4n) is 2.54. The van der Waals surface area contributed by atoms with Gasteiger partial charge in [0.1, 0.15) is 6.10 Å². The summed E-state index contributed by atoms with van der Waals surface area (Å²) in [5, 5.41) is 10.5. The van der Waals surface area contributed by atoms with Crippen LogP contribution in [0.15, 0.2) is 36.4 Å². The number of hydrogen-bond donors (Lipinski definition) is 1. The van der Waals surface area contributed by atoms with Crippen LogP contribution >= 0.6 is 0 Å². The summed E-state index contributed by atoms with van der Waals surface area (Å²) >= 11 is 0. The Morgan fingerprint density at radius 1 is 1.00 bits per heavy atom. The van der Waals surface area contributed by atoms with Crippen LogP contribution in [0.1, 0.15) is 42.2 Å². The minimum Gasteiger partial charge on any atom is -0.494 e. The number of aliphatic hydroxyl groups excluding tert-OH is 1. The Morgan fingerprint density at radius 2 is 1.62 bits per heavy atom. The van der Waals surface area contributed by atoms with E-state index in [9.17, 15) is 9.50 Å². The van der Waals surface area contributed by atoms with Gasteiger partial charge in [-0.2, -0.15) is 0 Å². The van der Waals surface area contributed by atoms with Crippen molar-refractivity contribution in [2.45, 2.75) is 32.8 Å². The van der Waals surface area contributed by atoms with Crippen LogP contribution in [0.5, 0.6) is 5.75 Å². The van der Waals surface area contributed by atoms with Gasteiger partial charge in [-0.1, -0.05) is 38.1 Å². The van der Waals surface area contributed by atoms with Crippen LogP contribution in [0.2, 0.25) is 0 Å². The first kappa shape index (κ1) is 15.5. The van der Waals surface area contributed by atoms with Crippen molar-refractivity contribution in [2.24, 2.45) is 0 Å². The molecule has 21 heavy (non-hydrogen) atoms. The van der Waals surface area contributed by atoms with E-state index >= 15 is 0 Å². The Balaban J connectivity index is 2.35. The first-order chi connectivity index (χ1) is 10.1. The SMILES string of the molecule is CCc1ccc(C(O)c2ccc(OC)c(F)c2)cc1CC. The molecule has 0 saturated heterocycles. The zero-order chi connectivity index (χ0) is 15.4. The molecular weight excluding hydrogens is 267 g/mol. The van der Waals surface area contributed by atoms with Crippen LogP contribution in [0.25, 0.3) is 0 Å². The summed E-state index contributed by atoms with van der Waals surface area (Å²) in [4.78, 5) is 0. The Labute approximate surface area is 125 Å². The average Bonchev–Trinajstić information content (AvgIpc) is 2.53. The minimum absolute atomic E-state index is 0.182. The second-order valence-corrected chi connectivity index (χ2v) is 5.03. The van der Waals surface area contributed by atoms with Crippen LogP contribution in [-0.4, -0.2) is 12.2 Å². The van der Waals surface area contributed by atoms with E-state index < -0.39 is 11.9 Å². The summed E-state index contributed by atoms with van der Waals surface area (Å²) in [6.07, 6.45) is 1.05. The Morgan fingerprint density at radius 3 is 2.19 bits per heavy atom. The number of benzene rings is 2. The normalized spacial score (nSPS) is 12.2. The lowest BCUT2D eigenvalue weighted by Crippen LogP contribution is -2.03. The van der Waals surface area contributed by atoms with Crippen molar-refractivity contribution in [2.75, 3.05) is 7.11 Å². The number of hydrogen-bond acceptors (Lipinski definition) is 2. The molecule has 112 valence electrons. The smallest absolute Gasteiger partial charge is 0.165 e. The number of ether oxygens (including phenoxy) is 1. The summed E-state index contributed by atoms with van der Waals surface area (Å²) in [5.74, 6) is -0.281. The Bertz CT molecular complexity index is 623. The van der Waals surface area contributed by atoms with Gasteiger partial charge >= 0.3 is 0 Å². The van der Waals surface area contributed by atoms with E-state index in [0.717, 1.165) is 18.4 Å². The van der Waals surface area contributed by atoms with E-state index in [2.05, 4.69) is 13.8 Å². The maximum absolute atomic E-state index is 13.8. The molecule has 0 heterocycles. The van der Waals surface area contributed by atoms with Gasteiger partial charge in [0.05, 0.1) is 7.11 Å². The van der Waals surface area contributed by atoms with Gasteiger partial charge in [-0.3, -0.25) is 0 Å². The number of aryl methyl sites for hydroxylation is 2. The van der Waals surface area contributed by atoms with E-state index in [0.29, 0.717) is 5.56 Å². The highest BCUT2D eigenvalue weighted by molar-refractivity contribution is 5.39. The third kappa shape index (κ3) is 3.24. The molecule has 0 fully saturated rings. The predicted molar refractivity (Wildman–Crippen MR) is 82.2 cm³/mol. The molecule has 0 spiro atoms. The van der Waals surface area contributed by atoms with Crippen molar-refractivity contribution in [1.29, 1.82) is 0 Å². The molecule has 3 heteroatoms. The molecule has 2 nitrogen and oxygen atoms in total. The standard InChI is InChI=1S/C18H21FO2/c1-4-12-6-7-14(10-13(12)5-2)18(20)15-8-9-17(21-3)16(19)11-15/h6-11,18,20H,4-5H2,1-3H3. The van der Waals surface area contributed by atoms with E-state index in [1.807, 2.05) is 18.2 Å². The van der Waals surface area contributed by atoms with Crippen molar-refractivity contribution < 1.29 is 14.2 Å². The first-order valence-electron chi connectivity index (χ1n) is 7.23. The fourth-order valence-corrected chi connectivity index (χ4v) is 2.54. The predicted octanol–water partition coefficient (Wildman–Crippen LogP) is 4.04. The molecule has 1 N–H and O–H groups in total. The van der Waals surface area contributed by atoms with Gasteiger partial charge in [0.15, 0.2) is 11.6 Å². The van der Waals surface area contributed by atoms with Crippen molar-refractivity contribution in [1.82, 2.24) is 0 Å². The molecule has 1 unspecified atom stereocenters. The van der Waals surface area contributed by atoms with Crippen LogP contribution < -0.4 is 4.74 Å². The number of rotatable bonds is 5. The van der Waals surface area contributed by atoms with E-state index in [4.69, 9.17) is 4.74 Å². The summed E-state index contributed by atoms with van der Waals surface area (Å²) in [6.45, 7) is 4.21. The van der Waals surface area contributed by atoms with E-state index in [-0.39, 0.29) is 5.75 Å². The molecule has 2 aromatic rings. The molecule has 0 aliphatic heterocycles. The van der Waals surface area contributed by atoms with Crippen LogP contribution in [0.4, 0.5) is 4.39 Å². The maximum Gasteiger partial charge on any atom is 0.165 e. The molecule has 0 bridgehead atoms. The molecule has 0 aliphatic carbocycles. The van der Waals surface area contributed by atoms with Gasteiger partial charge in [-0.05, 0) is 47.2 Å². The first-order valence-corrected chi connectivity index (χ1v) is 7.23. The van der Waals surface area contributed by atoms with Crippen molar-refractivity contribution in [3.8, 4) is 5.75 Å². The third-order valence-corrected chi connectivity index (χ3v) is 3.80. The topological polar surface area (TPSA) is 29.5 Å². The minimum atomic E-state index is -0.832. The monoisotopic (exact) mass is 288 g/mol. The van der Waals surface area contributed by atoms with Crippen molar-refractivity contribution >= 4 is 0 Å². The lowest BCUT2D eigenvalue weighted by molar-refractivity contribution is 0.219. The highest BCUT2D eigenvalue weighted by atomic mass is 19.1. The molecule has 2 rings (SSSR count). The molecule has 1 atom stereocenters. The van der Waals surface area contributed by atoms with Crippen molar-refractivity contribution in [3.05, 3.63) is 64.5 Å².